The predicted molar refractivity (Wildman–Crippen MR) is 85.2 cm³/mol. The van der Waals surface area contributed by atoms with Crippen LogP contribution in [0.25, 0.3) is 0 Å². The zero-order chi connectivity index (χ0) is 16.5. The van der Waals surface area contributed by atoms with Gasteiger partial charge in [-0.3, -0.25) is 14.5 Å². The average molecular weight is 334 g/mol. The highest BCUT2D eigenvalue weighted by Gasteiger charge is 2.45. The Bertz CT molecular complexity index is 588. The van der Waals surface area contributed by atoms with Crippen LogP contribution in [-0.4, -0.2) is 55.3 Å². The molecule has 3 atom stereocenters. The second-order valence-electron chi connectivity index (χ2n) is 7.02. The van der Waals surface area contributed by atoms with E-state index in [1.807, 2.05) is 12.1 Å². The average Bonchev–Trinajstić information content (AvgIpc) is 3.25. The Morgan fingerprint density at radius 1 is 1.21 bits per heavy atom. The minimum atomic E-state index is -0.210. The first-order valence-electron chi connectivity index (χ1n) is 8.69. The van der Waals surface area contributed by atoms with Gasteiger partial charge in [-0.25, -0.2) is 9.45 Å². The number of hydrogen-bond acceptors (Lipinski definition) is 4. The molecule has 0 aliphatic carbocycles. The molecule has 0 saturated carbocycles. The van der Waals surface area contributed by atoms with Crippen molar-refractivity contribution in [3.63, 3.8) is 0 Å². The summed E-state index contributed by atoms with van der Waals surface area (Å²) in [6.07, 6.45) is 0.907. The topological polar surface area (TPSA) is 42.0 Å². The van der Waals surface area contributed by atoms with Crippen molar-refractivity contribution >= 4 is 5.91 Å². The first-order chi connectivity index (χ1) is 11.7. The fraction of sp³-hybridized carbons (Fsp3) is 0.611. The van der Waals surface area contributed by atoms with Gasteiger partial charge in [0, 0.05) is 19.6 Å². The molecule has 0 aromatic heterocycles. The van der Waals surface area contributed by atoms with Crippen molar-refractivity contribution in [3.8, 4) is 0 Å². The molecular formula is C18H23FN2O3. The van der Waals surface area contributed by atoms with Crippen LogP contribution in [0, 0.1) is 23.6 Å². The molecule has 0 unspecified atom stereocenters. The smallest absolute Gasteiger partial charge is 0.251 e. The van der Waals surface area contributed by atoms with Crippen LogP contribution in [0.3, 0.4) is 0 Å². The Labute approximate surface area is 141 Å². The van der Waals surface area contributed by atoms with E-state index in [4.69, 9.17) is 9.57 Å². The number of hydrogen-bond donors (Lipinski definition) is 0. The third-order valence-electron chi connectivity index (χ3n) is 5.35. The number of hydroxylamine groups is 2. The summed E-state index contributed by atoms with van der Waals surface area (Å²) in [4.78, 5) is 20.5. The summed E-state index contributed by atoms with van der Waals surface area (Å²) in [6, 6.07) is 6.65. The van der Waals surface area contributed by atoms with E-state index in [1.54, 1.807) is 0 Å². The van der Waals surface area contributed by atoms with Gasteiger partial charge in [0.2, 0.25) is 0 Å². The van der Waals surface area contributed by atoms with Crippen molar-refractivity contribution in [1.29, 1.82) is 0 Å². The lowest BCUT2D eigenvalue weighted by atomic mass is 9.82. The molecule has 5 nitrogen and oxygen atoms in total. The van der Waals surface area contributed by atoms with Gasteiger partial charge >= 0.3 is 0 Å². The summed E-state index contributed by atoms with van der Waals surface area (Å²) >= 11 is 0. The molecule has 3 fully saturated rings. The summed E-state index contributed by atoms with van der Waals surface area (Å²) < 4.78 is 18.8. The molecule has 24 heavy (non-hydrogen) atoms. The van der Waals surface area contributed by atoms with Gasteiger partial charge in [0.05, 0.1) is 32.3 Å². The monoisotopic (exact) mass is 334 g/mol. The number of carbonyl (C=O) groups is 1. The Hall–Kier alpha value is -1.50. The van der Waals surface area contributed by atoms with E-state index in [1.165, 1.54) is 17.2 Å². The zero-order valence-corrected chi connectivity index (χ0v) is 13.7. The molecule has 0 bridgehead atoms. The highest BCUT2D eigenvalue weighted by atomic mass is 19.1. The molecule has 4 rings (SSSR count). The van der Waals surface area contributed by atoms with Gasteiger partial charge in [-0.15, -0.1) is 0 Å². The molecule has 0 spiro atoms. The van der Waals surface area contributed by atoms with Crippen LogP contribution in [0.15, 0.2) is 24.3 Å². The van der Waals surface area contributed by atoms with Crippen LogP contribution in [0.5, 0.6) is 0 Å². The lowest BCUT2D eigenvalue weighted by molar-refractivity contribution is -0.181. The van der Waals surface area contributed by atoms with Crippen molar-refractivity contribution in [2.45, 2.75) is 13.0 Å². The van der Waals surface area contributed by atoms with E-state index in [2.05, 4.69) is 4.90 Å². The molecule has 1 amide bonds. The third-order valence-corrected chi connectivity index (χ3v) is 5.35. The lowest BCUT2D eigenvalue weighted by Crippen LogP contribution is -2.45. The van der Waals surface area contributed by atoms with E-state index < -0.39 is 0 Å². The second kappa shape index (κ2) is 6.78. The number of amides is 1. The first kappa shape index (κ1) is 16.0. The number of nitrogens with zero attached hydrogens (tertiary/aromatic N) is 2. The van der Waals surface area contributed by atoms with Crippen LogP contribution in [0.2, 0.25) is 0 Å². The first-order valence-corrected chi connectivity index (χ1v) is 8.69. The number of ether oxygens (including phenoxy) is 1. The highest BCUT2D eigenvalue weighted by molar-refractivity contribution is 5.78. The summed E-state index contributed by atoms with van der Waals surface area (Å²) in [6.45, 7) is 5.12. The number of carbonyl (C=O) groups excluding carboxylic acids is 1. The molecule has 1 aromatic rings. The second-order valence-corrected chi connectivity index (χ2v) is 7.02. The van der Waals surface area contributed by atoms with E-state index in [-0.39, 0.29) is 17.6 Å². The molecular weight excluding hydrogens is 311 g/mol. The van der Waals surface area contributed by atoms with Crippen LogP contribution >= 0.6 is 0 Å². The molecule has 6 heteroatoms. The normalized spacial score (nSPS) is 30.5. The summed E-state index contributed by atoms with van der Waals surface area (Å²) in [5, 5.41) is 1.53. The lowest BCUT2D eigenvalue weighted by Gasteiger charge is -2.33. The van der Waals surface area contributed by atoms with E-state index >= 15 is 0 Å². The minimum Gasteiger partial charge on any atom is -0.380 e. The molecule has 3 saturated heterocycles. The van der Waals surface area contributed by atoms with Crippen molar-refractivity contribution < 1.29 is 18.8 Å². The van der Waals surface area contributed by atoms with Crippen LogP contribution in [-0.2, 0) is 20.9 Å². The van der Waals surface area contributed by atoms with E-state index in [9.17, 15) is 9.18 Å². The SMILES string of the molecule is O=C([C@@H]1COC[C@H]2CN(Cc3ccc(F)cc3)C[C@H]21)N1CCCO1. The number of benzene rings is 1. The van der Waals surface area contributed by atoms with Gasteiger partial charge in [-0.2, -0.15) is 0 Å². The fourth-order valence-corrected chi connectivity index (χ4v) is 4.13. The molecule has 0 N–H and O–H groups in total. The van der Waals surface area contributed by atoms with Gasteiger partial charge in [-0.1, -0.05) is 12.1 Å². The molecule has 0 radical (unpaired) electrons. The number of likely N-dealkylation sites (tertiary alicyclic amines) is 1. The number of fused-ring (bicyclic) bond motifs is 1. The summed E-state index contributed by atoms with van der Waals surface area (Å²) in [7, 11) is 0. The van der Waals surface area contributed by atoms with Crippen LogP contribution < -0.4 is 0 Å². The Kier molecular flexibility index (Phi) is 4.52. The highest BCUT2D eigenvalue weighted by Crippen LogP contribution is 2.36. The Balaban J connectivity index is 1.42. The van der Waals surface area contributed by atoms with Gasteiger partial charge in [0.1, 0.15) is 5.82 Å². The van der Waals surface area contributed by atoms with Crippen molar-refractivity contribution in [2.75, 3.05) is 39.5 Å². The largest absolute Gasteiger partial charge is 0.380 e. The van der Waals surface area contributed by atoms with Crippen LogP contribution in [0.4, 0.5) is 4.39 Å². The van der Waals surface area contributed by atoms with Crippen molar-refractivity contribution in [3.05, 3.63) is 35.6 Å². The maximum atomic E-state index is 13.0. The van der Waals surface area contributed by atoms with Gasteiger partial charge in [0.25, 0.3) is 5.91 Å². The van der Waals surface area contributed by atoms with E-state index in [0.717, 1.165) is 38.2 Å². The van der Waals surface area contributed by atoms with Crippen molar-refractivity contribution in [1.82, 2.24) is 9.96 Å². The summed E-state index contributed by atoms with van der Waals surface area (Å²) in [5.41, 5.74) is 1.10. The molecule has 3 aliphatic rings. The van der Waals surface area contributed by atoms with E-state index in [0.29, 0.717) is 31.6 Å². The van der Waals surface area contributed by atoms with Crippen molar-refractivity contribution in [2.24, 2.45) is 17.8 Å². The number of halogens is 1. The Morgan fingerprint density at radius 2 is 2.04 bits per heavy atom. The molecule has 3 heterocycles. The Morgan fingerprint density at radius 3 is 2.79 bits per heavy atom. The molecule has 130 valence electrons. The number of rotatable bonds is 3. The maximum Gasteiger partial charge on any atom is 0.251 e. The molecule has 1 aromatic carbocycles. The maximum absolute atomic E-state index is 13.0. The minimum absolute atomic E-state index is 0.0748. The van der Waals surface area contributed by atoms with Gasteiger partial charge in [-0.05, 0) is 36.0 Å². The standard InChI is InChI=1S/C18H23FN2O3/c19-15-4-2-13(3-5-15)8-20-9-14-11-23-12-17(16(14)10-20)18(22)21-6-1-7-24-21/h2-5,14,16-17H,1,6-12H2/t14-,16-,17-/m1/s1. The summed E-state index contributed by atoms with van der Waals surface area (Å²) in [5.74, 6) is 0.455. The zero-order valence-electron chi connectivity index (χ0n) is 13.7. The predicted octanol–water partition coefficient (Wildman–Crippen LogP) is 1.68. The van der Waals surface area contributed by atoms with Gasteiger partial charge < -0.3 is 4.74 Å². The van der Waals surface area contributed by atoms with Gasteiger partial charge in [0.15, 0.2) is 0 Å². The quantitative estimate of drug-likeness (QED) is 0.844. The fourth-order valence-electron chi connectivity index (χ4n) is 4.13. The third kappa shape index (κ3) is 3.18. The molecule has 3 aliphatic heterocycles. The van der Waals surface area contributed by atoms with Crippen LogP contribution in [0.1, 0.15) is 12.0 Å².